The molecule has 2 heterocycles. The van der Waals surface area contributed by atoms with Crippen LogP contribution in [-0.4, -0.2) is 26.3 Å². The van der Waals surface area contributed by atoms with Crippen molar-refractivity contribution in [2.24, 2.45) is 0 Å². The molecule has 0 atom stereocenters. The maximum Gasteiger partial charge on any atom is 0.224 e. The second-order valence-electron chi connectivity index (χ2n) is 4.97. The average molecular weight is 259 g/mol. The summed E-state index contributed by atoms with van der Waals surface area (Å²) in [6.45, 7) is 9.25. The molecule has 0 saturated carbocycles. The fourth-order valence-electron chi connectivity index (χ4n) is 1.75. The Bertz CT molecular complexity index is 545. The Morgan fingerprint density at radius 3 is 2.79 bits per heavy atom. The molecule has 0 aliphatic rings. The van der Waals surface area contributed by atoms with Crippen LogP contribution in [0.15, 0.2) is 18.5 Å². The monoisotopic (exact) mass is 259 g/mol. The van der Waals surface area contributed by atoms with Crippen molar-refractivity contribution in [2.75, 3.05) is 11.9 Å². The number of hydrogen-bond acceptors (Lipinski definition) is 4. The largest absolute Gasteiger partial charge is 0.354 e. The summed E-state index contributed by atoms with van der Waals surface area (Å²) in [5.74, 6) is 1.91. The van der Waals surface area contributed by atoms with E-state index in [1.807, 2.05) is 30.1 Å². The van der Waals surface area contributed by atoms with E-state index < -0.39 is 0 Å². The van der Waals surface area contributed by atoms with Crippen molar-refractivity contribution in [2.45, 2.75) is 40.0 Å². The first-order chi connectivity index (χ1) is 9.11. The van der Waals surface area contributed by atoms with Crippen LogP contribution in [0.25, 0.3) is 5.82 Å². The molecular weight excluding hydrogens is 238 g/mol. The van der Waals surface area contributed by atoms with Crippen molar-refractivity contribution in [3.05, 3.63) is 29.7 Å². The van der Waals surface area contributed by atoms with Gasteiger partial charge in [0.25, 0.3) is 0 Å². The topological polar surface area (TPSA) is 55.6 Å². The van der Waals surface area contributed by atoms with Gasteiger partial charge in [-0.05, 0) is 25.3 Å². The highest BCUT2D eigenvalue weighted by atomic mass is 15.3. The Morgan fingerprint density at radius 1 is 1.37 bits per heavy atom. The second-order valence-corrected chi connectivity index (χ2v) is 4.97. The number of aryl methyl sites for hydroxylation is 1. The van der Waals surface area contributed by atoms with Gasteiger partial charge in [-0.3, -0.25) is 0 Å². The third kappa shape index (κ3) is 3.10. The summed E-state index contributed by atoms with van der Waals surface area (Å²) in [4.78, 5) is 8.81. The molecule has 0 aliphatic heterocycles. The van der Waals surface area contributed by atoms with Crippen LogP contribution in [0.1, 0.15) is 44.4 Å². The van der Waals surface area contributed by atoms with Gasteiger partial charge in [-0.1, -0.05) is 20.8 Å². The van der Waals surface area contributed by atoms with Crippen LogP contribution in [-0.2, 0) is 0 Å². The summed E-state index contributed by atoms with van der Waals surface area (Å²) < 4.78 is 1.82. The smallest absolute Gasteiger partial charge is 0.224 e. The first-order valence-electron chi connectivity index (χ1n) is 6.75. The fourth-order valence-corrected chi connectivity index (χ4v) is 1.75. The van der Waals surface area contributed by atoms with Crippen molar-refractivity contribution >= 4 is 5.95 Å². The fraction of sp³-hybridized carbons (Fsp3) is 0.500. The molecule has 2 aromatic heterocycles. The zero-order chi connectivity index (χ0) is 13.8. The molecule has 2 rings (SSSR count). The Kier molecular flexibility index (Phi) is 4.14. The molecule has 0 aliphatic carbocycles. The molecule has 0 amide bonds. The summed E-state index contributed by atoms with van der Waals surface area (Å²) in [5.41, 5.74) is 2.08. The molecule has 5 heteroatoms. The maximum absolute atomic E-state index is 4.56. The van der Waals surface area contributed by atoms with Crippen molar-refractivity contribution in [3.8, 4) is 5.82 Å². The lowest BCUT2D eigenvalue weighted by Crippen LogP contribution is -2.09. The third-order valence-electron chi connectivity index (χ3n) is 2.90. The molecule has 5 nitrogen and oxygen atoms in total. The Hall–Kier alpha value is -1.91. The van der Waals surface area contributed by atoms with E-state index in [1.165, 1.54) is 0 Å². The number of aromatic nitrogens is 4. The van der Waals surface area contributed by atoms with Gasteiger partial charge in [0.2, 0.25) is 5.95 Å². The predicted molar refractivity (Wildman–Crippen MR) is 76.8 cm³/mol. The highest BCUT2D eigenvalue weighted by Crippen LogP contribution is 2.16. The van der Waals surface area contributed by atoms with Crippen molar-refractivity contribution in [1.29, 1.82) is 0 Å². The zero-order valence-corrected chi connectivity index (χ0v) is 12.0. The molecule has 102 valence electrons. The molecule has 0 saturated heterocycles. The van der Waals surface area contributed by atoms with E-state index in [4.69, 9.17) is 0 Å². The summed E-state index contributed by atoms with van der Waals surface area (Å²) in [6, 6.07) is 2.03. The number of anilines is 1. The van der Waals surface area contributed by atoms with E-state index in [9.17, 15) is 0 Å². The molecule has 19 heavy (non-hydrogen) atoms. The van der Waals surface area contributed by atoms with E-state index in [-0.39, 0.29) is 0 Å². The van der Waals surface area contributed by atoms with Gasteiger partial charge in [0.1, 0.15) is 0 Å². The Morgan fingerprint density at radius 2 is 2.16 bits per heavy atom. The van der Waals surface area contributed by atoms with Crippen LogP contribution in [0.5, 0.6) is 0 Å². The van der Waals surface area contributed by atoms with E-state index in [2.05, 4.69) is 41.2 Å². The first kappa shape index (κ1) is 13.5. The molecule has 0 fully saturated rings. The SMILES string of the molecule is CCCNc1ncc(C)c(-n2ccc(C(C)C)n2)n1. The van der Waals surface area contributed by atoms with Crippen LogP contribution in [0.2, 0.25) is 0 Å². The minimum absolute atomic E-state index is 0.418. The van der Waals surface area contributed by atoms with Gasteiger partial charge in [-0.2, -0.15) is 10.1 Å². The van der Waals surface area contributed by atoms with Crippen molar-refractivity contribution in [1.82, 2.24) is 19.7 Å². The lowest BCUT2D eigenvalue weighted by Gasteiger charge is -2.08. The number of rotatable bonds is 5. The molecular formula is C14H21N5. The van der Waals surface area contributed by atoms with Gasteiger partial charge in [0.15, 0.2) is 5.82 Å². The lowest BCUT2D eigenvalue weighted by molar-refractivity contribution is 0.752. The predicted octanol–water partition coefficient (Wildman–Crippen LogP) is 2.92. The molecule has 0 unspecified atom stereocenters. The lowest BCUT2D eigenvalue weighted by atomic mass is 10.1. The summed E-state index contributed by atoms with van der Waals surface area (Å²) in [6.07, 6.45) is 4.83. The van der Waals surface area contributed by atoms with Crippen LogP contribution < -0.4 is 5.32 Å². The second kappa shape index (κ2) is 5.82. The van der Waals surface area contributed by atoms with Gasteiger partial charge in [-0.25, -0.2) is 9.67 Å². The highest BCUT2D eigenvalue weighted by Gasteiger charge is 2.09. The van der Waals surface area contributed by atoms with Crippen LogP contribution in [0.4, 0.5) is 5.95 Å². The highest BCUT2D eigenvalue weighted by molar-refractivity contribution is 5.37. The van der Waals surface area contributed by atoms with E-state index in [0.29, 0.717) is 11.9 Å². The van der Waals surface area contributed by atoms with Crippen molar-refractivity contribution in [3.63, 3.8) is 0 Å². The summed E-state index contributed by atoms with van der Waals surface area (Å²) in [5, 5.41) is 7.76. The van der Waals surface area contributed by atoms with Crippen molar-refractivity contribution < 1.29 is 0 Å². The van der Waals surface area contributed by atoms with E-state index in [0.717, 1.165) is 30.0 Å². The number of nitrogens with zero attached hydrogens (tertiary/aromatic N) is 4. The molecule has 0 aromatic carbocycles. The quantitative estimate of drug-likeness (QED) is 0.897. The standard InChI is InChI=1S/C14H21N5/c1-5-7-15-14-16-9-11(4)13(17-14)19-8-6-12(18-19)10(2)3/h6,8-10H,5,7H2,1-4H3,(H,15,16,17). The minimum atomic E-state index is 0.418. The average Bonchev–Trinajstić information content (AvgIpc) is 2.87. The van der Waals surface area contributed by atoms with E-state index in [1.54, 1.807) is 0 Å². The zero-order valence-electron chi connectivity index (χ0n) is 12.0. The molecule has 0 bridgehead atoms. The molecule has 2 aromatic rings. The Labute approximate surface area is 114 Å². The van der Waals surface area contributed by atoms with Gasteiger partial charge < -0.3 is 5.32 Å². The van der Waals surface area contributed by atoms with Crippen LogP contribution in [0.3, 0.4) is 0 Å². The summed E-state index contributed by atoms with van der Waals surface area (Å²) in [7, 11) is 0. The van der Waals surface area contributed by atoms with E-state index >= 15 is 0 Å². The minimum Gasteiger partial charge on any atom is -0.354 e. The third-order valence-corrected chi connectivity index (χ3v) is 2.90. The Balaban J connectivity index is 2.31. The normalized spacial score (nSPS) is 11.0. The molecule has 0 spiro atoms. The molecule has 1 N–H and O–H groups in total. The van der Waals surface area contributed by atoms with Gasteiger partial charge in [0.05, 0.1) is 5.69 Å². The first-order valence-corrected chi connectivity index (χ1v) is 6.75. The van der Waals surface area contributed by atoms with Gasteiger partial charge in [0, 0.05) is 24.5 Å². The number of nitrogens with one attached hydrogen (secondary N) is 1. The van der Waals surface area contributed by atoms with Gasteiger partial charge in [-0.15, -0.1) is 0 Å². The van der Waals surface area contributed by atoms with Crippen LogP contribution >= 0.6 is 0 Å². The summed E-state index contributed by atoms with van der Waals surface area (Å²) >= 11 is 0. The molecule has 0 radical (unpaired) electrons. The van der Waals surface area contributed by atoms with Gasteiger partial charge >= 0.3 is 0 Å². The number of hydrogen-bond donors (Lipinski definition) is 1. The maximum atomic E-state index is 4.56. The van der Waals surface area contributed by atoms with Crippen LogP contribution in [0, 0.1) is 6.92 Å².